The second-order valence-electron chi connectivity index (χ2n) is 4.36. The van der Waals surface area contributed by atoms with E-state index < -0.39 is 0 Å². The molecule has 19 heavy (non-hydrogen) atoms. The second kappa shape index (κ2) is 6.54. The molecule has 0 radical (unpaired) electrons. The van der Waals surface area contributed by atoms with Crippen LogP contribution < -0.4 is 5.32 Å². The number of benzene rings is 1. The third-order valence-electron chi connectivity index (χ3n) is 2.79. The number of hydrogen-bond acceptors (Lipinski definition) is 4. The summed E-state index contributed by atoms with van der Waals surface area (Å²) in [5.74, 6) is 0. The van der Waals surface area contributed by atoms with Gasteiger partial charge in [0, 0.05) is 23.9 Å². The van der Waals surface area contributed by atoms with Crippen LogP contribution >= 0.6 is 11.6 Å². The molecule has 0 spiro atoms. The number of aliphatic hydroxyl groups is 1. The van der Waals surface area contributed by atoms with E-state index in [1.54, 1.807) is 4.68 Å². The Labute approximate surface area is 117 Å². The zero-order valence-electron chi connectivity index (χ0n) is 10.8. The Hall–Kier alpha value is -1.59. The maximum absolute atomic E-state index is 8.76. The number of rotatable bonds is 6. The lowest BCUT2D eigenvalue weighted by atomic mass is 10.2. The molecule has 0 unspecified atom stereocenters. The summed E-state index contributed by atoms with van der Waals surface area (Å²) < 4.78 is 1.73. The number of halogens is 1. The summed E-state index contributed by atoms with van der Waals surface area (Å²) in [5.41, 5.74) is 2.99. The van der Waals surface area contributed by atoms with Gasteiger partial charge in [-0.05, 0) is 31.0 Å². The monoisotopic (exact) mass is 280 g/mol. The van der Waals surface area contributed by atoms with Crippen molar-refractivity contribution in [3.05, 3.63) is 40.7 Å². The van der Waals surface area contributed by atoms with Crippen LogP contribution in [-0.2, 0) is 13.1 Å². The van der Waals surface area contributed by atoms with E-state index in [1.807, 2.05) is 31.3 Å². The molecule has 0 amide bonds. The first-order valence-corrected chi connectivity index (χ1v) is 6.57. The fourth-order valence-electron chi connectivity index (χ4n) is 1.73. The van der Waals surface area contributed by atoms with E-state index in [4.69, 9.17) is 16.7 Å². The van der Waals surface area contributed by atoms with Crippen LogP contribution in [0.2, 0.25) is 5.02 Å². The molecule has 0 bridgehead atoms. The van der Waals surface area contributed by atoms with Gasteiger partial charge in [-0.2, -0.15) is 0 Å². The molecule has 0 aliphatic carbocycles. The van der Waals surface area contributed by atoms with E-state index in [0.29, 0.717) is 24.5 Å². The maximum Gasteiger partial charge on any atom is 0.102 e. The molecular weight excluding hydrogens is 264 g/mol. The van der Waals surface area contributed by atoms with Gasteiger partial charge in [-0.3, -0.25) is 4.68 Å². The van der Waals surface area contributed by atoms with Crippen LogP contribution in [0.1, 0.15) is 17.7 Å². The molecule has 2 N–H and O–H groups in total. The Kier molecular flexibility index (Phi) is 4.76. The van der Waals surface area contributed by atoms with E-state index in [1.165, 1.54) is 0 Å². The molecule has 0 atom stereocenters. The molecule has 0 fully saturated rings. The topological polar surface area (TPSA) is 63.0 Å². The van der Waals surface area contributed by atoms with E-state index in [2.05, 4.69) is 15.6 Å². The molecule has 0 saturated heterocycles. The second-order valence-corrected chi connectivity index (χ2v) is 4.80. The minimum atomic E-state index is 0.162. The van der Waals surface area contributed by atoms with Crippen LogP contribution in [0.25, 0.3) is 0 Å². The lowest BCUT2D eigenvalue weighted by molar-refractivity contribution is 0.276. The molecule has 2 rings (SSSR count). The first-order chi connectivity index (χ1) is 9.19. The van der Waals surface area contributed by atoms with Gasteiger partial charge >= 0.3 is 0 Å². The van der Waals surface area contributed by atoms with Gasteiger partial charge in [0.15, 0.2) is 0 Å². The molecular formula is C13H17ClN4O. The van der Waals surface area contributed by atoms with Crippen LogP contribution in [0.4, 0.5) is 5.69 Å². The van der Waals surface area contributed by atoms with Gasteiger partial charge in [-0.1, -0.05) is 22.9 Å². The van der Waals surface area contributed by atoms with Gasteiger partial charge in [-0.25, -0.2) is 0 Å². The normalized spacial score (nSPS) is 10.7. The predicted molar refractivity (Wildman–Crippen MR) is 75.2 cm³/mol. The van der Waals surface area contributed by atoms with Gasteiger partial charge < -0.3 is 10.4 Å². The lowest BCUT2D eigenvalue weighted by Crippen LogP contribution is -2.02. The van der Waals surface area contributed by atoms with Crippen molar-refractivity contribution in [2.45, 2.75) is 26.4 Å². The van der Waals surface area contributed by atoms with Crippen LogP contribution in [0.3, 0.4) is 0 Å². The Bertz CT molecular complexity index is 541. The third-order valence-corrected chi connectivity index (χ3v) is 3.03. The molecule has 0 aliphatic heterocycles. The smallest absolute Gasteiger partial charge is 0.102 e. The van der Waals surface area contributed by atoms with Gasteiger partial charge in [0.05, 0.1) is 12.7 Å². The number of hydrogen-bond donors (Lipinski definition) is 2. The Balaban J connectivity index is 1.94. The van der Waals surface area contributed by atoms with Crippen molar-refractivity contribution < 1.29 is 5.11 Å². The van der Waals surface area contributed by atoms with Crippen molar-refractivity contribution in [2.24, 2.45) is 0 Å². The highest BCUT2D eigenvalue weighted by molar-refractivity contribution is 6.30. The van der Waals surface area contributed by atoms with Crippen molar-refractivity contribution in [3.8, 4) is 0 Å². The zero-order valence-corrected chi connectivity index (χ0v) is 11.6. The van der Waals surface area contributed by atoms with Crippen molar-refractivity contribution in [1.29, 1.82) is 0 Å². The highest BCUT2D eigenvalue weighted by atomic mass is 35.5. The Morgan fingerprint density at radius 3 is 3.05 bits per heavy atom. The summed E-state index contributed by atoms with van der Waals surface area (Å²) in [6.45, 7) is 3.46. The minimum Gasteiger partial charge on any atom is -0.396 e. The fourth-order valence-corrected chi connectivity index (χ4v) is 1.90. The summed E-state index contributed by atoms with van der Waals surface area (Å²) in [7, 11) is 0. The highest BCUT2D eigenvalue weighted by Crippen LogP contribution is 2.20. The van der Waals surface area contributed by atoms with Gasteiger partial charge in [0.2, 0.25) is 0 Å². The summed E-state index contributed by atoms with van der Waals surface area (Å²) in [6, 6.07) is 5.74. The molecule has 2 aromatic rings. The number of aromatic nitrogens is 3. The molecule has 0 saturated carbocycles. The van der Waals surface area contributed by atoms with Crippen molar-refractivity contribution >= 4 is 17.3 Å². The van der Waals surface area contributed by atoms with Crippen LogP contribution in [0.15, 0.2) is 24.4 Å². The predicted octanol–water partition coefficient (Wildman–Crippen LogP) is 2.23. The standard InChI is InChI=1S/C13H17ClN4O/c1-10-3-4-11(14)7-13(10)15-8-12-9-18(17-16-12)5-2-6-19/h3-4,7,9,15,19H,2,5-6,8H2,1H3. The van der Waals surface area contributed by atoms with E-state index in [0.717, 1.165) is 16.9 Å². The van der Waals surface area contributed by atoms with Crippen LogP contribution in [0.5, 0.6) is 0 Å². The zero-order chi connectivity index (χ0) is 13.7. The van der Waals surface area contributed by atoms with Gasteiger partial charge in [0.1, 0.15) is 5.69 Å². The fraction of sp³-hybridized carbons (Fsp3) is 0.385. The molecule has 102 valence electrons. The maximum atomic E-state index is 8.76. The van der Waals surface area contributed by atoms with E-state index in [9.17, 15) is 0 Å². The van der Waals surface area contributed by atoms with E-state index in [-0.39, 0.29) is 6.61 Å². The number of anilines is 1. The summed E-state index contributed by atoms with van der Waals surface area (Å²) >= 11 is 5.96. The van der Waals surface area contributed by atoms with Gasteiger partial charge in [-0.15, -0.1) is 5.10 Å². The summed E-state index contributed by atoms with van der Waals surface area (Å²) in [5, 5.41) is 20.8. The highest BCUT2D eigenvalue weighted by Gasteiger charge is 2.03. The Morgan fingerprint density at radius 1 is 1.42 bits per heavy atom. The average molecular weight is 281 g/mol. The van der Waals surface area contributed by atoms with Gasteiger partial charge in [0.25, 0.3) is 0 Å². The number of nitrogens with one attached hydrogen (secondary N) is 1. The average Bonchev–Trinajstić information content (AvgIpc) is 2.85. The first kappa shape index (κ1) is 13.8. The van der Waals surface area contributed by atoms with Crippen molar-refractivity contribution in [1.82, 2.24) is 15.0 Å². The third kappa shape index (κ3) is 3.94. The van der Waals surface area contributed by atoms with Crippen molar-refractivity contribution in [2.75, 3.05) is 11.9 Å². The summed E-state index contributed by atoms with van der Waals surface area (Å²) in [4.78, 5) is 0. The molecule has 1 aromatic carbocycles. The molecule has 5 nitrogen and oxygen atoms in total. The minimum absolute atomic E-state index is 0.162. The lowest BCUT2D eigenvalue weighted by Gasteiger charge is -2.08. The number of nitrogens with zero attached hydrogens (tertiary/aromatic N) is 3. The molecule has 0 aliphatic rings. The van der Waals surface area contributed by atoms with E-state index >= 15 is 0 Å². The number of aryl methyl sites for hydroxylation is 2. The van der Waals surface area contributed by atoms with Crippen molar-refractivity contribution in [3.63, 3.8) is 0 Å². The molecule has 1 heterocycles. The quantitative estimate of drug-likeness (QED) is 0.852. The summed E-state index contributed by atoms with van der Waals surface area (Å²) in [6.07, 6.45) is 2.56. The molecule has 6 heteroatoms. The Morgan fingerprint density at radius 2 is 2.26 bits per heavy atom. The van der Waals surface area contributed by atoms with Crippen LogP contribution in [-0.4, -0.2) is 26.7 Å². The molecule has 1 aromatic heterocycles. The SMILES string of the molecule is Cc1ccc(Cl)cc1NCc1cn(CCCO)nn1. The largest absolute Gasteiger partial charge is 0.396 e. The number of aliphatic hydroxyl groups excluding tert-OH is 1. The van der Waals surface area contributed by atoms with Crippen LogP contribution in [0, 0.1) is 6.92 Å². The first-order valence-electron chi connectivity index (χ1n) is 6.19.